The van der Waals surface area contributed by atoms with Gasteiger partial charge in [0, 0.05) is 18.8 Å². The summed E-state index contributed by atoms with van der Waals surface area (Å²) < 4.78 is 25.2. The van der Waals surface area contributed by atoms with Crippen molar-refractivity contribution in [2.45, 2.75) is 13.3 Å². The Bertz CT molecular complexity index is 717. The van der Waals surface area contributed by atoms with E-state index >= 15 is 0 Å². The normalized spacial score (nSPS) is 16.2. The van der Waals surface area contributed by atoms with E-state index in [-0.39, 0.29) is 18.9 Å². The van der Waals surface area contributed by atoms with Crippen molar-refractivity contribution < 1.29 is 23.1 Å². The molecule has 2 amide bonds. The molecule has 2 rings (SSSR count). The van der Waals surface area contributed by atoms with Crippen molar-refractivity contribution in [2.75, 3.05) is 35.1 Å². The quantitative estimate of drug-likeness (QED) is 0.644. The molecule has 8 nitrogen and oxygen atoms in total. The molecule has 1 aromatic rings. The molecule has 3 N–H and O–H groups in total. The second-order valence-corrected chi connectivity index (χ2v) is 7.19. The minimum Gasteiger partial charge on any atom is -0.395 e. The zero-order valence-corrected chi connectivity index (χ0v) is 13.5. The second-order valence-electron chi connectivity index (χ2n) is 5.17. The number of amides is 2. The van der Waals surface area contributed by atoms with E-state index in [1.807, 2.05) is 0 Å². The molecule has 0 radical (unpaired) electrons. The first-order valence-corrected chi connectivity index (χ1v) is 8.77. The van der Waals surface area contributed by atoms with Gasteiger partial charge in [0.2, 0.25) is 10.0 Å². The summed E-state index contributed by atoms with van der Waals surface area (Å²) in [7, 11) is -3.31. The molecule has 1 saturated heterocycles. The molecule has 1 heterocycles. The molecule has 0 bridgehead atoms. The van der Waals surface area contributed by atoms with Gasteiger partial charge in [-0.15, -0.1) is 0 Å². The Labute approximate surface area is 134 Å². The van der Waals surface area contributed by atoms with Gasteiger partial charge >= 0.3 is 11.8 Å². The van der Waals surface area contributed by atoms with Crippen molar-refractivity contribution in [1.29, 1.82) is 0 Å². The van der Waals surface area contributed by atoms with Crippen molar-refractivity contribution in [2.24, 2.45) is 0 Å². The van der Waals surface area contributed by atoms with Gasteiger partial charge in [0.05, 0.1) is 18.0 Å². The number of sulfonamides is 1. The van der Waals surface area contributed by atoms with Crippen LogP contribution in [0, 0.1) is 6.92 Å². The Morgan fingerprint density at radius 1 is 1.30 bits per heavy atom. The third-order valence-electron chi connectivity index (χ3n) is 3.46. The molecular formula is C14H19N3O5S. The van der Waals surface area contributed by atoms with Gasteiger partial charge in [-0.1, -0.05) is 6.07 Å². The van der Waals surface area contributed by atoms with Gasteiger partial charge in [0.1, 0.15) is 0 Å². The van der Waals surface area contributed by atoms with Crippen LogP contribution in [0.3, 0.4) is 0 Å². The maximum Gasteiger partial charge on any atom is 0.313 e. The highest BCUT2D eigenvalue weighted by atomic mass is 32.2. The molecule has 0 aromatic heterocycles. The highest BCUT2D eigenvalue weighted by Gasteiger charge is 2.28. The molecule has 1 aliphatic rings. The molecule has 9 heteroatoms. The van der Waals surface area contributed by atoms with Crippen LogP contribution in [0.15, 0.2) is 18.2 Å². The van der Waals surface area contributed by atoms with Gasteiger partial charge in [0.25, 0.3) is 0 Å². The summed E-state index contributed by atoms with van der Waals surface area (Å²) in [5, 5.41) is 13.3. The van der Waals surface area contributed by atoms with Gasteiger partial charge in [-0.05, 0) is 31.0 Å². The number of nitrogens with one attached hydrogen (secondary N) is 2. The van der Waals surface area contributed by atoms with E-state index in [2.05, 4.69) is 10.6 Å². The van der Waals surface area contributed by atoms with Crippen molar-refractivity contribution in [1.82, 2.24) is 5.32 Å². The lowest BCUT2D eigenvalue weighted by Gasteiger charge is -2.19. The predicted molar refractivity (Wildman–Crippen MR) is 85.7 cm³/mol. The number of carbonyl (C=O) groups excluding carboxylic acids is 2. The standard InChI is InChI=1S/C14H19N3O5S/c1-10-3-4-11(17-6-2-8-23(17,21)22)9-12(10)16-14(20)13(19)15-5-7-18/h3-4,9,18H,2,5-8H2,1H3,(H,15,19)(H,16,20). The fraction of sp³-hybridized carbons (Fsp3) is 0.429. The Kier molecular flexibility index (Phi) is 5.22. The minimum atomic E-state index is -3.31. The Hall–Kier alpha value is -2.13. The van der Waals surface area contributed by atoms with Crippen LogP contribution in [-0.4, -0.2) is 50.8 Å². The zero-order chi connectivity index (χ0) is 17.0. The third kappa shape index (κ3) is 3.99. The number of aryl methyl sites for hydroxylation is 1. The smallest absolute Gasteiger partial charge is 0.313 e. The van der Waals surface area contributed by atoms with Crippen LogP contribution in [-0.2, 0) is 19.6 Å². The fourth-order valence-electron chi connectivity index (χ4n) is 2.26. The summed E-state index contributed by atoms with van der Waals surface area (Å²) >= 11 is 0. The van der Waals surface area contributed by atoms with Crippen molar-refractivity contribution >= 4 is 33.2 Å². The molecule has 0 unspecified atom stereocenters. The minimum absolute atomic E-state index is 0.0166. The van der Waals surface area contributed by atoms with Gasteiger partial charge in [0.15, 0.2) is 0 Å². The summed E-state index contributed by atoms with van der Waals surface area (Å²) in [5.74, 6) is -1.63. The first kappa shape index (κ1) is 17.2. The Morgan fingerprint density at radius 3 is 2.65 bits per heavy atom. The number of benzene rings is 1. The molecular weight excluding hydrogens is 322 g/mol. The molecule has 1 aromatic carbocycles. The van der Waals surface area contributed by atoms with Crippen LogP contribution in [0.5, 0.6) is 0 Å². The number of nitrogens with zero attached hydrogens (tertiary/aromatic N) is 1. The van der Waals surface area contributed by atoms with Crippen molar-refractivity contribution in [3.63, 3.8) is 0 Å². The maximum absolute atomic E-state index is 12.0. The van der Waals surface area contributed by atoms with Gasteiger partial charge in [-0.2, -0.15) is 0 Å². The topological polar surface area (TPSA) is 116 Å². The van der Waals surface area contributed by atoms with Crippen LogP contribution in [0.25, 0.3) is 0 Å². The van der Waals surface area contributed by atoms with E-state index in [0.717, 1.165) is 0 Å². The Balaban J connectivity index is 2.18. The van der Waals surface area contributed by atoms with E-state index < -0.39 is 21.8 Å². The summed E-state index contributed by atoms with van der Waals surface area (Å²) in [6, 6.07) is 4.89. The number of hydrogen-bond donors (Lipinski definition) is 3. The number of anilines is 2. The fourth-order valence-corrected chi connectivity index (χ4v) is 3.81. The second kappa shape index (κ2) is 6.97. The first-order valence-electron chi connectivity index (χ1n) is 7.16. The monoisotopic (exact) mass is 341 g/mol. The third-order valence-corrected chi connectivity index (χ3v) is 5.33. The number of hydrogen-bond acceptors (Lipinski definition) is 5. The van der Waals surface area contributed by atoms with E-state index in [0.29, 0.717) is 29.9 Å². The van der Waals surface area contributed by atoms with Crippen LogP contribution < -0.4 is 14.9 Å². The average molecular weight is 341 g/mol. The summed E-state index contributed by atoms with van der Waals surface area (Å²) in [4.78, 5) is 23.3. The Morgan fingerprint density at radius 2 is 2.04 bits per heavy atom. The first-order chi connectivity index (χ1) is 10.8. The number of carbonyl (C=O) groups is 2. The maximum atomic E-state index is 12.0. The summed E-state index contributed by atoms with van der Waals surface area (Å²) in [5.41, 5.74) is 1.53. The molecule has 1 aliphatic heterocycles. The van der Waals surface area contributed by atoms with Crippen LogP contribution in [0.4, 0.5) is 11.4 Å². The lowest BCUT2D eigenvalue weighted by Crippen LogP contribution is -2.37. The van der Waals surface area contributed by atoms with Crippen molar-refractivity contribution in [3.8, 4) is 0 Å². The van der Waals surface area contributed by atoms with Gasteiger partial charge < -0.3 is 15.7 Å². The molecule has 126 valence electrons. The van der Waals surface area contributed by atoms with E-state index in [1.54, 1.807) is 19.1 Å². The number of aliphatic hydroxyl groups is 1. The van der Waals surface area contributed by atoms with E-state index in [9.17, 15) is 18.0 Å². The van der Waals surface area contributed by atoms with Gasteiger partial charge in [-0.3, -0.25) is 13.9 Å². The van der Waals surface area contributed by atoms with Crippen LogP contribution in [0.1, 0.15) is 12.0 Å². The zero-order valence-electron chi connectivity index (χ0n) is 12.7. The molecule has 0 spiro atoms. The van der Waals surface area contributed by atoms with E-state index in [1.165, 1.54) is 10.4 Å². The average Bonchev–Trinajstić information content (AvgIpc) is 2.86. The molecule has 0 atom stereocenters. The highest BCUT2D eigenvalue weighted by molar-refractivity contribution is 7.93. The lowest BCUT2D eigenvalue weighted by atomic mass is 10.1. The summed E-state index contributed by atoms with van der Waals surface area (Å²) in [6.07, 6.45) is 0.557. The SMILES string of the molecule is Cc1ccc(N2CCCS2(=O)=O)cc1NC(=O)C(=O)NCCO. The predicted octanol–water partition coefficient (Wildman–Crippen LogP) is -0.418. The molecule has 0 aliphatic carbocycles. The van der Waals surface area contributed by atoms with Crippen molar-refractivity contribution in [3.05, 3.63) is 23.8 Å². The molecule has 23 heavy (non-hydrogen) atoms. The lowest BCUT2D eigenvalue weighted by molar-refractivity contribution is -0.136. The highest BCUT2D eigenvalue weighted by Crippen LogP contribution is 2.28. The number of aliphatic hydroxyl groups excluding tert-OH is 1. The molecule has 0 saturated carbocycles. The van der Waals surface area contributed by atoms with Crippen LogP contribution >= 0.6 is 0 Å². The molecule has 1 fully saturated rings. The van der Waals surface area contributed by atoms with Gasteiger partial charge in [-0.25, -0.2) is 8.42 Å². The largest absolute Gasteiger partial charge is 0.395 e. The van der Waals surface area contributed by atoms with E-state index in [4.69, 9.17) is 5.11 Å². The van der Waals surface area contributed by atoms with Crippen LogP contribution in [0.2, 0.25) is 0 Å². The number of rotatable bonds is 4. The summed E-state index contributed by atoms with van der Waals surface area (Å²) in [6.45, 7) is 1.86.